The lowest BCUT2D eigenvalue weighted by Gasteiger charge is -2.25. The normalized spacial score (nSPS) is 24.1. The van der Waals surface area contributed by atoms with E-state index < -0.39 is 9.84 Å². The number of carbonyl (C=O) groups is 1. The number of halogens is 3. The Hall–Kier alpha value is -1.25. The molecule has 2 aliphatic heterocycles. The van der Waals surface area contributed by atoms with Gasteiger partial charge in [-0.2, -0.15) is 4.99 Å². The number of hydrogen-bond acceptors (Lipinski definition) is 4. The van der Waals surface area contributed by atoms with Gasteiger partial charge >= 0.3 is 0 Å². The van der Waals surface area contributed by atoms with Crippen molar-refractivity contribution in [3.8, 4) is 0 Å². The van der Waals surface area contributed by atoms with E-state index >= 15 is 0 Å². The van der Waals surface area contributed by atoms with Gasteiger partial charge in [-0.3, -0.25) is 4.79 Å². The highest BCUT2D eigenvalue weighted by Crippen LogP contribution is 2.43. The molecule has 10 heteroatoms. The van der Waals surface area contributed by atoms with Gasteiger partial charge in [-0.25, -0.2) is 8.42 Å². The summed E-state index contributed by atoms with van der Waals surface area (Å²) >= 11 is 19.6. The number of benzene rings is 2. The molecule has 0 spiro atoms. The Labute approximate surface area is 188 Å². The van der Waals surface area contributed by atoms with Crippen molar-refractivity contribution in [1.29, 1.82) is 0 Å². The number of rotatable bonds is 3. The van der Waals surface area contributed by atoms with E-state index in [1.54, 1.807) is 47.4 Å². The maximum Gasteiger partial charge on any atom is 0.252 e. The predicted molar refractivity (Wildman–Crippen MR) is 120 cm³/mol. The first-order valence-electron chi connectivity index (χ1n) is 8.69. The fraction of sp³-hybridized carbons (Fsp3) is 0.263. The number of nitrogens with zero attached hydrogens (tertiary/aromatic N) is 2. The highest BCUT2D eigenvalue weighted by Gasteiger charge is 2.49. The molecule has 4 rings (SSSR count). The van der Waals surface area contributed by atoms with Gasteiger partial charge < -0.3 is 4.90 Å². The maximum absolute atomic E-state index is 12.6. The van der Waals surface area contributed by atoms with Gasteiger partial charge in [0.05, 0.1) is 34.7 Å². The van der Waals surface area contributed by atoms with E-state index in [0.717, 1.165) is 5.56 Å². The van der Waals surface area contributed by atoms with Crippen LogP contribution in [0.1, 0.15) is 5.56 Å². The molecule has 2 aliphatic rings. The Morgan fingerprint density at radius 1 is 1.07 bits per heavy atom. The molecule has 0 unspecified atom stereocenters. The van der Waals surface area contributed by atoms with Gasteiger partial charge in [0.15, 0.2) is 15.0 Å². The minimum Gasteiger partial charge on any atom is -0.314 e. The molecule has 152 valence electrons. The van der Waals surface area contributed by atoms with Crippen LogP contribution in [0.2, 0.25) is 15.1 Å². The van der Waals surface area contributed by atoms with Gasteiger partial charge in [0, 0.05) is 15.3 Å². The summed E-state index contributed by atoms with van der Waals surface area (Å²) in [5, 5.41) is 1.70. The predicted octanol–water partition coefficient (Wildman–Crippen LogP) is 4.49. The fourth-order valence-corrected chi connectivity index (χ4v) is 8.00. The summed E-state index contributed by atoms with van der Waals surface area (Å²) in [5.74, 6) is -0.282. The van der Waals surface area contributed by atoms with E-state index in [9.17, 15) is 13.2 Å². The van der Waals surface area contributed by atoms with Gasteiger partial charge in [-0.1, -0.05) is 58.7 Å². The van der Waals surface area contributed by atoms with E-state index in [0.29, 0.717) is 25.9 Å². The van der Waals surface area contributed by atoms with Crippen LogP contribution in [0.3, 0.4) is 0 Å². The van der Waals surface area contributed by atoms with Crippen molar-refractivity contribution < 1.29 is 13.2 Å². The quantitative estimate of drug-likeness (QED) is 0.635. The molecule has 29 heavy (non-hydrogen) atoms. The van der Waals surface area contributed by atoms with Crippen LogP contribution >= 0.6 is 46.6 Å². The molecular weight excluding hydrogens is 475 g/mol. The molecule has 2 heterocycles. The first-order chi connectivity index (χ1) is 13.7. The minimum atomic E-state index is -3.16. The van der Waals surface area contributed by atoms with Crippen molar-refractivity contribution in [2.24, 2.45) is 4.99 Å². The average molecular weight is 490 g/mol. The summed E-state index contributed by atoms with van der Waals surface area (Å²) in [7, 11) is -3.16. The molecule has 2 aromatic rings. The standard InChI is InChI=1S/C19H15Cl3N2O3S2/c20-12-3-1-11(2-4-12)7-18(25)23-19-24(15-6-5-13(21)8-14(15)22)16-9-29(26,27)10-17(16)28-19/h1-6,8,16-17H,7,9-10H2/t16-,17-/m0/s1. The average Bonchev–Trinajstić information content (AvgIpc) is 3.08. The van der Waals surface area contributed by atoms with Gasteiger partial charge in [-0.15, -0.1) is 0 Å². The number of carbonyl (C=O) groups excluding carboxylic acids is 1. The number of fused-ring (bicyclic) bond motifs is 1. The Balaban J connectivity index is 1.66. The summed E-state index contributed by atoms with van der Waals surface area (Å²) in [6.07, 6.45) is 0.122. The zero-order chi connectivity index (χ0) is 20.8. The van der Waals surface area contributed by atoms with Crippen molar-refractivity contribution in [3.05, 3.63) is 63.1 Å². The first kappa shape index (κ1) is 21.0. The molecule has 2 fully saturated rings. The molecule has 5 nitrogen and oxygen atoms in total. The highest BCUT2D eigenvalue weighted by atomic mass is 35.5. The highest BCUT2D eigenvalue weighted by molar-refractivity contribution is 8.16. The summed E-state index contributed by atoms with van der Waals surface area (Å²) < 4.78 is 24.3. The monoisotopic (exact) mass is 488 g/mol. The first-order valence-corrected chi connectivity index (χ1v) is 12.5. The van der Waals surface area contributed by atoms with Crippen LogP contribution in [0.15, 0.2) is 47.5 Å². The molecule has 0 saturated carbocycles. The summed E-state index contributed by atoms with van der Waals surface area (Å²) in [6.45, 7) is 0. The third-order valence-electron chi connectivity index (χ3n) is 4.72. The van der Waals surface area contributed by atoms with E-state index in [-0.39, 0.29) is 35.1 Å². The zero-order valence-electron chi connectivity index (χ0n) is 14.9. The van der Waals surface area contributed by atoms with Crippen LogP contribution in [0.5, 0.6) is 0 Å². The van der Waals surface area contributed by atoms with E-state index in [2.05, 4.69) is 4.99 Å². The molecule has 2 saturated heterocycles. The second-order valence-corrected chi connectivity index (χ2v) is 11.5. The molecule has 0 aliphatic carbocycles. The summed E-state index contributed by atoms with van der Waals surface area (Å²) in [6, 6.07) is 11.6. The number of amidine groups is 1. The molecule has 0 bridgehead atoms. The van der Waals surface area contributed by atoms with Crippen molar-refractivity contribution >= 4 is 73.2 Å². The molecular formula is C19H15Cl3N2O3S2. The number of sulfone groups is 1. The van der Waals surface area contributed by atoms with Gasteiger partial charge in [-0.05, 0) is 35.9 Å². The van der Waals surface area contributed by atoms with Crippen LogP contribution < -0.4 is 4.90 Å². The molecule has 0 aromatic heterocycles. The van der Waals surface area contributed by atoms with Crippen molar-refractivity contribution in [2.45, 2.75) is 17.7 Å². The summed E-state index contributed by atoms with van der Waals surface area (Å²) in [5.41, 5.74) is 1.39. The largest absolute Gasteiger partial charge is 0.314 e. The SMILES string of the molecule is O=C(Cc1ccc(Cl)cc1)N=C1S[C@H]2CS(=O)(=O)C[C@@H]2N1c1ccc(Cl)cc1Cl. The number of thioether (sulfide) groups is 1. The lowest BCUT2D eigenvalue weighted by atomic mass is 10.1. The van der Waals surface area contributed by atoms with Gasteiger partial charge in [0.25, 0.3) is 5.91 Å². The second kappa shape index (κ2) is 8.12. The Morgan fingerprint density at radius 3 is 2.45 bits per heavy atom. The smallest absolute Gasteiger partial charge is 0.252 e. The Bertz CT molecular complexity index is 1100. The van der Waals surface area contributed by atoms with Crippen LogP contribution in [0.25, 0.3) is 0 Å². The number of anilines is 1. The minimum absolute atomic E-state index is 0.00594. The van der Waals surface area contributed by atoms with Gasteiger partial charge in [0.1, 0.15) is 0 Å². The van der Waals surface area contributed by atoms with Crippen LogP contribution in [-0.4, -0.2) is 42.3 Å². The number of hydrogen-bond donors (Lipinski definition) is 0. The van der Waals surface area contributed by atoms with Crippen LogP contribution in [0.4, 0.5) is 5.69 Å². The second-order valence-electron chi connectivity index (χ2n) is 6.86. The Morgan fingerprint density at radius 2 is 1.76 bits per heavy atom. The number of aliphatic imine (C=N–C) groups is 1. The van der Waals surface area contributed by atoms with Crippen molar-refractivity contribution in [2.75, 3.05) is 16.4 Å². The number of amides is 1. The fourth-order valence-electron chi connectivity index (χ4n) is 3.45. The maximum atomic E-state index is 12.6. The van der Waals surface area contributed by atoms with E-state index in [1.807, 2.05) is 0 Å². The summed E-state index contributed by atoms with van der Waals surface area (Å²) in [4.78, 5) is 18.6. The molecule has 2 atom stereocenters. The Kier molecular flexibility index (Phi) is 5.88. The molecule has 1 amide bonds. The third kappa shape index (κ3) is 4.59. The van der Waals surface area contributed by atoms with Crippen molar-refractivity contribution in [1.82, 2.24) is 0 Å². The zero-order valence-corrected chi connectivity index (χ0v) is 18.8. The lowest BCUT2D eigenvalue weighted by molar-refractivity contribution is -0.117. The molecule has 2 aromatic carbocycles. The van der Waals surface area contributed by atoms with Gasteiger partial charge in [0.2, 0.25) is 0 Å². The molecule has 0 N–H and O–H groups in total. The lowest BCUT2D eigenvalue weighted by Crippen LogP contribution is -2.38. The van der Waals surface area contributed by atoms with E-state index in [1.165, 1.54) is 11.8 Å². The third-order valence-corrected chi connectivity index (χ3v) is 8.72. The van der Waals surface area contributed by atoms with Crippen LogP contribution in [0, 0.1) is 0 Å². The molecule has 0 radical (unpaired) electrons. The van der Waals surface area contributed by atoms with Crippen molar-refractivity contribution in [3.63, 3.8) is 0 Å². The topological polar surface area (TPSA) is 66.8 Å². The van der Waals surface area contributed by atoms with Crippen LogP contribution in [-0.2, 0) is 21.1 Å². The van der Waals surface area contributed by atoms with E-state index in [4.69, 9.17) is 34.8 Å².